The Bertz CT molecular complexity index is 637. The topological polar surface area (TPSA) is 77.9 Å². The number of halogens is 2. The molecule has 1 aliphatic rings. The van der Waals surface area contributed by atoms with E-state index < -0.39 is 36.2 Å². The van der Waals surface area contributed by atoms with Crippen LogP contribution in [0.25, 0.3) is 0 Å². The zero-order valence-corrected chi connectivity index (χ0v) is 12.5. The van der Waals surface area contributed by atoms with E-state index in [0.29, 0.717) is 0 Å². The van der Waals surface area contributed by atoms with Gasteiger partial charge in [-0.1, -0.05) is 11.6 Å². The quantitative estimate of drug-likeness (QED) is 0.905. The molecular formula is C14H14ClFN2O4. The number of aliphatic carboxylic acids is 1. The van der Waals surface area contributed by atoms with Crippen molar-refractivity contribution in [1.29, 1.82) is 0 Å². The minimum atomic E-state index is -1.11. The van der Waals surface area contributed by atoms with E-state index in [-0.39, 0.29) is 23.7 Å². The van der Waals surface area contributed by atoms with Crippen molar-refractivity contribution in [2.75, 3.05) is 19.6 Å². The fourth-order valence-electron chi connectivity index (χ4n) is 2.32. The largest absolute Gasteiger partial charge is 0.480 e. The number of carboxylic acid groups (broad SMARTS) is 1. The molecule has 1 saturated heterocycles. The molecule has 0 aliphatic carbocycles. The fraction of sp³-hybridized carbons (Fsp3) is 0.357. The van der Waals surface area contributed by atoms with Crippen LogP contribution < -0.4 is 0 Å². The minimum Gasteiger partial charge on any atom is -0.480 e. The van der Waals surface area contributed by atoms with Gasteiger partial charge in [0.15, 0.2) is 0 Å². The number of carbonyl (C=O) groups excluding carboxylic acids is 2. The first kappa shape index (κ1) is 16.2. The number of carboxylic acids is 1. The first-order valence-corrected chi connectivity index (χ1v) is 6.95. The predicted octanol–water partition coefficient (Wildman–Crippen LogP) is 1.24. The van der Waals surface area contributed by atoms with Crippen molar-refractivity contribution in [2.24, 2.45) is 0 Å². The highest BCUT2D eigenvalue weighted by Crippen LogP contribution is 2.19. The first-order valence-electron chi connectivity index (χ1n) is 6.58. The number of piperazine rings is 1. The van der Waals surface area contributed by atoms with E-state index in [1.807, 2.05) is 0 Å². The van der Waals surface area contributed by atoms with Crippen LogP contribution in [0.15, 0.2) is 18.2 Å². The third kappa shape index (κ3) is 3.19. The smallest absolute Gasteiger partial charge is 0.323 e. The summed E-state index contributed by atoms with van der Waals surface area (Å²) in [7, 11) is 0. The van der Waals surface area contributed by atoms with Gasteiger partial charge in [-0.05, 0) is 25.1 Å². The van der Waals surface area contributed by atoms with Gasteiger partial charge in [-0.3, -0.25) is 14.4 Å². The summed E-state index contributed by atoms with van der Waals surface area (Å²) in [6.45, 7) is 1.42. The lowest BCUT2D eigenvalue weighted by Crippen LogP contribution is -2.58. The van der Waals surface area contributed by atoms with Crippen LogP contribution in [0.5, 0.6) is 0 Å². The summed E-state index contributed by atoms with van der Waals surface area (Å²) in [5.74, 6) is -2.76. The van der Waals surface area contributed by atoms with Gasteiger partial charge in [0.1, 0.15) is 18.4 Å². The van der Waals surface area contributed by atoms with Gasteiger partial charge in [0.25, 0.3) is 5.91 Å². The number of rotatable bonds is 3. The number of nitrogens with zero attached hydrogens (tertiary/aromatic N) is 2. The molecule has 0 aromatic heterocycles. The molecule has 2 rings (SSSR count). The maximum Gasteiger partial charge on any atom is 0.323 e. The van der Waals surface area contributed by atoms with E-state index in [1.54, 1.807) is 0 Å². The zero-order chi connectivity index (χ0) is 16.4. The second-order valence-corrected chi connectivity index (χ2v) is 5.36. The third-order valence-electron chi connectivity index (χ3n) is 3.50. The van der Waals surface area contributed by atoms with Gasteiger partial charge >= 0.3 is 5.97 Å². The van der Waals surface area contributed by atoms with E-state index in [2.05, 4.69) is 0 Å². The average molecular weight is 329 g/mol. The van der Waals surface area contributed by atoms with Crippen molar-refractivity contribution in [1.82, 2.24) is 9.80 Å². The summed E-state index contributed by atoms with van der Waals surface area (Å²) in [4.78, 5) is 37.7. The summed E-state index contributed by atoms with van der Waals surface area (Å²) < 4.78 is 13.4. The maximum atomic E-state index is 13.4. The normalized spacial score (nSPS) is 18.5. The van der Waals surface area contributed by atoms with Crippen LogP contribution in [0.2, 0.25) is 5.02 Å². The van der Waals surface area contributed by atoms with Crippen molar-refractivity contribution < 1.29 is 23.9 Å². The zero-order valence-electron chi connectivity index (χ0n) is 11.8. The van der Waals surface area contributed by atoms with Crippen molar-refractivity contribution in [3.8, 4) is 0 Å². The highest BCUT2D eigenvalue weighted by atomic mass is 35.5. The van der Waals surface area contributed by atoms with Crippen molar-refractivity contribution >= 4 is 29.4 Å². The van der Waals surface area contributed by atoms with Gasteiger partial charge in [-0.15, -0.1) is 0 Å². The minimum absolute atomic E-state index is 0.0908. The molecule has 118 valence electrons. The third-order valence-corrected chi connectivity index (χ3v) is 3.81. The molecule has 1 atom stereocenters. The Morgan fingerprint density at radius 3 is 2.68 bits per heavy atom. The van der Waals surface area contributed by atoms with Gasteiger partial charge in [0.05, 0.1) is 5.02 Å². The number of hydrogen-bond acceptors (Lipinski definition) is 3. The maximum absolute atomic E-state index is 13.4. The van der Waals surface area contributed by atoms with Crippen LogP contribution in [-0.4, -0.2) is 58.4 Å². The van der Waals surface area contributed by atoms with E-state index in [9.17, 15) is 18.8 Å². The van der Waals surface area contributed by atoms with Crippen LogP contribution in [0.1, 0.15) is 17.3 Å². The van der Waals surface area contributed by atoms with Crippen LogP contribution in [0.4, 0.5) is 4.39 Å². The predicted molar refractivity (Wildman–Crippen MR) is 76.1 cm³/mol. The van der Waals surface area contributed by atoms with Gasteiger partial charge in [-0.25, -0.2) is 4.39 Å². The Balaban J connectivity index is 2.16. The molecule has 22 heavy (non-hydrogen) atoms. The molecule has 1 heterocycles. The van der Waals surface area contributed by atoms with Crippen LogP contribution >= 0.6 is 11.6 Å². The van der Waals surface area contributed by atoms with E-state index in [1.165, 1.54) is 28.9 Å². The Morgan fingerprint density at radius 1 is 1.41 bits per heavy atom. The Labute approximate surface area is 131 Å². The highest BCUT2D eigenvalue weighted by Gasteiger charge is 2.35. The van der Waals surface area contributed by atoms with E-state index in [0.717, 1.165) is 6.07 Å². The molecule has 1 unspecified atom stereocenters. The highest BCUT2D eigenvalue weighted by molar-refractivity contribution is 6.30. The monoisotopic (exact) mass is 328 g/mol. The first-order chi connectivity index (χ1) is 10.3. The van der Waals surface area contributed by atoms with E-state index in [4.69, 9.17) is 16.7 Å². The molecule has 1 fully saturated rings. The van der Waals surface area contributed by atoms with Crippen molar-refractivity contribution in [3.63, 3.8) is 0 Å². The molecule has 1 aromatic rings. The van der Waals surface area contributed by atoms with Crippen LogP contribution in [0.3, 0.4) is 0 Å². The Morgan fingerprint density at radius 2 is 2.09 bits per heavy atom. The van der Waals surface area contributed by atoms with Crippen molar-refractivity contribution in [2.45, 2.75) is 13.0 Å². The number of hydrogen-bond donors (Lipinski definition) is 1. The van der Waals surface area contributed by atoms with Gasteiger partial charge in [0, 0.05) is 18.7 Å². The number of amides is 2. The Hall–Kier alpha value is -2.15. The molecule has 0 radical (unpaired) electrons. The van der Waals surface area contributed by atoms with Crippen LogP contribution in [-0.2, 0) is 9.59 Å². The van der Waals surface area contributed by atoms with Gasteiger partial charge in [0.2, 0.25) is 5.91 Å². The second kappa shape index (κ2) is 6.31. The average Bonchev–Trinajstić information content (AvgIpc) is 2.46. The SMILES string of the molecule is CC1C(=O)N(CC(=O)O)CCN1C(=O)c1ccc(Cl)c(F)c1. The standard InChI is InChI=1S/C14H14ClFN2O4/c1-8-13(21)17(7-12(19)20)4-5-18(8)14(22)9-2-3-10(15)11(16)6-9/h2-3,6,8H,4-5,7H2,1H3,(H,19,20). The summed E-state index contributed by atoms with van der Waals surface area (Å²) >= 11 is 5.57. The fourth-order valence-corrected chi connectivity index (χ4v) is 2.44. The summed E-state index contributed by atoms with van der Waals surface area (Å²) in [6.07, 6.45) is 0. The summed E-state index contributed by atoms with van der Waals surface area (Å²) in [5, 5.41) is 8.66. The molecule has 0 saturated carbocycles. The van der Waals surface area contributed by atoms with Gasteiger partial charge < -0.3 is 14.9 Å². The molecule has 0 bridgehead atoms. The van der Waals surface area contributed by atoms with E-state index >= 15 is 0 Å². The van der Waals surface area contributed by atoms with Crippen molar-refractivity contribution in [3.05, 3.63) is 34.6 Å². The second-order valence-electron chi connectivity index (χ2n) is 4.96. The number of benzene rings is 1. The molecule has 8 heteroatoms. The lowest BCUT2D eigenvalue weighted by Gasteiger charge is -2.38. The lowest BCUT2D eigenvalue weighted by atomic mass is 10.1. The summed E-state index contributed by atoms with van der Waals surface area (Å²) in [5.41, 5.74) is 0.0910. The molecular weight excluding hydrogens is 315 g/mol. The molecule has 0 spiro atoms. The lowest BCUT2D eigenvalue weighted by molar-refractivity contribution is -0.148. The Kier molecular flexibility index (Phi) is 4.65. The molecule has 1 aliphatic heterocycles. The van der Waals surface area contributed by atoms with Gasteiger partial charge in [-0.2, -0.15) is 0 Å². The number of carbonyl (C=O) groups is 3. The van der Waals surface area contributed by atoms with Crippen LogP contribution in [0, 0.1) is 5.82 Å². The molecule has 6 nitrogen and oxygen atoms in total. The molecule has 1 aromatic carbocycles. The molecule has 1 N–H and O–H groups in total. The summed E-state index contributed by atoms with van der Waals surface area (Å²) in [6, 6.07) is 2.87. The molecule has 2 amide bonds.